The Morgan fingerprint density at radius 1 is 1.17 bits per heavy atom. The monoisotopic (exact) mass is 340 g/mol. The van der Waals surface area contributed by atoms with Crippen molar-refractivity contribution in [3.05, 3.63) is 70.9 Å². The molecule has 0 radical (unpaired) electrons. The lowest BCUT2D eigenvalue weighted by molar-refractivity contribution is -0.115. The van der Waals surface area contributed by atoms with Crippen molar-refractivity contribution in [3.63, 3.8) is 0 Å². The molecular formula is C19H17FN2OS. The summed E-state index contributed by atoms with van der Waals surface area (Å²) >= 11 is 1.38. The number of nitrogens with one attached hydrogen (secondary N) is 1. The summed E-state index contributed by atoms with van der Waals surface area (Å²) in [6, 6.07) is 14.3. The van der Waals surface area contributed by atoms with Crippen LogP contribution in [0.5, 0.6) is 0 Å². The van der Waals surface area contributed by atoms with Gasteiger partial charge in [0.2, 0.25) is 5.91 Å². The zero-order chi connectivity index (χ0) is 16.9. The second-order valence-corrected chi connectivity index (χ2v) is 6.30. The molecule has 1 heterocycles. The number of carbonyl (C=O) groups is 1. The van der Waals surface area contributed by atoms with Crippen molar-refractivity contribution in [1.29, 1.82) is 0 Å². The summed E-state index contributed by atoms with van der Waals surface area (Å²) < 4.78 is 13.1. The number of amides is 1. The van der Waals surface area contributed by atoms with Crippen molar-refractivity contribution in [3.8, 4) is 11.3 Å². The number of anilines is 1. The van der Waals surface area contributed by atoms with Crippen LogP contribution in [-0.4, -0.2) is 10.9 Å². The number of nitrogens with zero attached hydrogens (tertiary/aromatic N) is 1. The van der Waals surface area contributed by atoms with Gasteiger partial charge in [-0.1, -0.05) is 43.3 Å². The molecule has 1 aromatic heterocycles. The molecule has 3 nitrogen and oxygen atoms in total. The highest BCUT2D eigenvalue weighted by molar-refractivity contribution is 7.14. The molecular weight excluding hydrogens is 323 g/mol. The zero-order valence-electron chi connectivity index (χ0n) is 13.3. The fourth-order valence-corrected chi connectivity index (χ4v) is 3.11. The Morgan fingerprint density at radius 3 is 2.67 bits per heavy atom. The normalized spacial score (nSPS) is 10.6. The molecule has 1 N–H and O–H groups in total. The number of aromatic nitrogens is 1. The zero-order valence-corrected chi connectivity index (χ0v) is 14.1. The van der Waals surface area contributed by atoms with Gasteiger partial charge >= 0.3 is 0 Å². The highest BCUT2D eigenvalue weighted by Crippen LogP contribution is 2.25. The van der Waals surface area contributed by atoms with Crippen LogP contribution in [-0.2, 0) is 17.6 Å². The Kier molecular flexibility index (Phi) is 5.01. The number of carbonyl (C=O) groups excluding carboxylic acids is 1. The number of hydrogen-bond acceptors (Lipinski definition) is 3. The topological polar surface area (TPSA) is 42.0 Å². The van der Waals surface area contributed by atoms with E-state index in [1.165, 1.54) is 29.0 Å². The van der Waals surface area contributed by atoms with Gasteiger partial charge in [0.1, 0.15) is 5.82 Å². The highest BCUT2D eigenvalue weighted by Gasteiger charge is 2.09. The Bertz CT molecular complexity index is 843. The van der Waals surface area contributed by atoms with E-state index in [0.29, 0.717) is 10.7 Å². The molecule has 0 bridgehead atoms. The van der Waals surface area contributed by atoms with E-state index in [1.54, 1.807) is 12.1 Å². The Balaban J connectivity index is 1.65. The molecule has 122 valence electrons. The SMILES string of the molecule is CCc1ccc(-c2csc(NC(=O)Cc3cccc(F)c3)n2)cc1. The third-order valence-corrected chi connectivity index (χ3v) is 4.42. The van der Waals surface area contributed by atoms with Gasteiger partial charge in [0.15, 0.2) is 5.13 Å². The molecule has 1 amide bonds. The average molecular weight is 340 g/mol. The van der Waals surface area contributed by atoms with Crippen LogP contribution in [0.3, 0.4) is 0 Å². The van der Waals surface area contributed by atoms with Gasteiger partial charge in [0.25, 0.3) is 0 Å². The molecule has 0 unspecified atom stereocenters. The lowest BCUT2D eigenvalue weighted by Crippen LogP contribution is -2.14. The van der Waals surface area contributed by atoms with E-state index in [-0.39, 0.29) is 18.1 Å². The molecule has 0 aliphatic carbocycles. The van der Waals surface area contributed by atoms with E-state index in [1.807, 2.05) is 17.5 Å². The van der Waals surface area contributed by atoms with Crippen molar-refractivity contribution in [2.75, 3.05) is 5.32 Å². The first-order chi connectivity index (χ1) is 11.6. The third kappa shape index (κ3) is 4.06. The number of aryl methyl sites for hydroxylation is 1. The summed E-state index contributed by atoms with van der Waals surface area (Å²) in [6.45, 7) is 2.12. The van der Waals surface area contributed by atoms with Crippen LogP contribution in [0.25, 0.3) is 11.3 Å². The first-order valence-corrected chi connectivity index (χ1v) is 8.61. The Hall–Kier alpha value is -2.53. The van der Waals surface area contributed by atoms with Crippen LogP contribution in [0, 0.1) is 5.82 Å². The van der Waals surface area contributed by atoms with Crippen LogP contribution in [0.4, 0.5) is 9.52 Å². The maximum absolute atomic E-state index is 13.1. The van der Waals surface area contributed by atoms with E-state index < -0.39 is 0 Å². The summed E-state index contributed by atoms with van der Waals surface area (Å²) in [6.07, 6.45) is 1.12. The molecule has 0 atom stereocenters. The Labute approximate surface area is 144 Å². The van der Waals surface area contributed by atoms with Gasteiger partial charge in [-0.25, -0.2) is 9.37 Å². The van der Waals surface area contributed by atoms with Crippen molar-refractivity contribution in [2.45, 2.75) is 19.8 Å². The quantitative estimate of drug-likeness (QED) is 0.732. The van der Waals surface area contributed by atoms with Crippen LogP contribution >= 0.6 is 11.3 Å². The van der Waals surface area contributed by atoms with Gasteiger partial charge in [0.05, 0.1) is 12.1 Å². The molecule has 2 aromatic carbocycles. The van der Waals surface area contributed by atoms with E-state index >= 15 is 0 Å². The predicted molar refractivity (Wildman–Crippen MR) is 95.7 cm³/mol. The van der Waals surface area contributed by atoms with Gasteiger partial charge < -0.3 is 5.32 Å². The lowest BCUT2D eigenvalue weighted by Gasteiger charge is -2.02. The second-order valence-electron chi connectivity index (χ2n) is 5.44. The predicted octanol–water partition coefficient (Wildman–Crippen LogP) is 4.69. The fourth-order valence-electron chi connectivity index (χ4n) is 2.37. The maximum Gasteiger partial charge on any atom is 0.230 e. The first kappa shape index (κ1) is 16.3. The van der Waals surface area contributed by atoms with Crippen molar-refractivity contribution in [1.82, 2.24) is 4.98 Å². The standard InChI is InChI=1S/C19H17FN2OS/c1-2-13-6-8-15(9-7-13)17-12-24-19(21-17)22-18(23)11-14-4-3-5-16(20)10-14/h3-10,12H,2,11H2,1H3,(H,21,22,23). The molecule has 0 fully saturated rings. The van der Waals surface area contributed by atoms with Gasteiger partial charge in [-0.05, 0) is 29.7 Å². The van der Waals surface area contributed by atoms with Crippen molar-refractivity contribution >= 4 is 22.4 Å². The van der Waals surface area contributed by atoms with Crippen LogP contribution in [0.15, 0.2) is 53.9 Å². The number of rotatable bonds is 5. The number of hydrogen-bond donors (Lipinski definition) is 1. The number of halogens is 1. The minimum atomic E-state index is -0.340. The smallest absolute Gasteiger partial charge is 0.230 e. The van der Waals surface area contributed by atoms with E-state index in [2.05, 4.69) is 29.4 Å². The molecule has 5 heteroatoms. The lowest BCUT2D eigenvalue weighted by atomic mass is 10.1. The molecule has 24 heavy (non-hydrogen) atoms. The molecule has 0 aliphatic heterocycles. The Morgan fingerprint density at radius 2 is 1.96 bits per heavy atom. The summed E-state index contributed by atoms with van der Waals surface area (Å²) in [4.78, 5) is 16.5. The summed E-state index contributed by atoms with van der Waals surface area (Å²) in [5.41, 5.74) is 3.77. The molecule has 3 rings (SSSR count). The fraction of sp³-hybridized carbons (Fsp3) is 0.158. The average Bonchev–Trinajstić information content (AvgIpc) is 3.03. The van der Waals surface area contributed by atoms with Gasteiger partial charge in [0, 0.05) is 10.9 Å². The molecule has 0 spiro atoms. The van der Waals surface area contributed by atoms with E-state index in [0.717, 1.165) is 17.7 Å². The molecule has 0 saturated heterocycles. The molecule has 3 aromatic rings. The molecule has 0 aliphatic rings. The number of benzene rings is 2. The largest absolute Gasteiger partial charge is 0.302 e. The summed E-state index contributed by atoms with van der Waals surface area (Å²) in [5, 5.41) is 5.23. The molecule has 0 saturated carbocycles. The maximum atomic E-state index is 13.1. The van der Waals surface area contributed by atoms with E-state index in [9.17, 15) is 9.18 Å². The van der Waals surface area contributed by atoms with Crippen molar-refractivity contribution in [2.24, 2.45) is 0 Å². The van der Waals surface area contributed by atoms with Gasteiger partial charge in [-0.2, -0.15) is 0 Å². The van der Waals surface area contributed by atoms with Gasteiger partial charge in [-0.15, -0.1) is 11.3 Å². The van der Waals surface area contributed by atoms with Gasteiger partial charge in [-0.3, -0.25) is 4.79 Å². The second kappa shape index (κ2) is 7.36. The van der Waals surface area contributed by atoms with Crippen molar-refractivity contribution < 1.29 is 9.18 Å². The highest BCUT2D eigenvalue weighted by atomic mass is 32.1. The minimum Gasteiger partial charge on any atom is -0.302 e. The van der Waals surface area contributed by atoms with Crippen LogP contribution < -0.4 is 5.32 Å². The minimum absolute atomic E-state index is 0.123. The number of thiazole rings is 1. The first-order valence-electron chi connectivity index (χ1n) is 7.73. The summed E-state index contributed by atoms with van der Waals surface area (Å²) in [5.74, 6) is -0.546. The summed E-state index contributed by atoms with van der Waals surface area (Å²) in [7, 11) is 0. The third-order valence-electron chi connectivity index (χ3n) is 3.66. The van der Waals surface area contributed by atoms with E-state index in [4.69, 9.17) is 0 Å². The van der Waals surface area contributed by atoms with Crippen LogP contribution in [0.2, 0.25) is 0 Å². The van der Waals surface area contributed by atoms with Crippen LogP contribution in [0.1, 0.15) is 18.1 Å².